The molecule has 0 aliphatic carbocycles. The Morgan fingerprint density at radius 2 is 1.77 bits per heavy atom. The van der Waals surface area contributed by atoms with Crippen LogP contribution in [0.1, 0.15) is 43.5 Å². The number of amides is 3. The number of phenols is 1. The summed E-state index contributed by atoms with van der Waals surface area (Å²) in [4.78, 5) is 53.3. The largest absolute Gasteiger partial charge is 0.508 e. The second kappa shape index (κ2) is 14.0. The smallest absolute Gasteiger partial charge is 0.408 e. The van der Waals surface area contributed by atoms with Crippen molar-refractivity contribution in [1.29, 1.82) is 0 Å². The summed E-state index contributed by atoms with van der Waals surface area (Å²) in [5.41, 5.74) is 0.846. The Balaban J connectivity index is 2.54. The second-order valence-corrected chi connectivity index (χ2v) is 9.91. The average Bonchev–Trinajstić information content (AvgIpc) is 2.87. The number of benzene rings is 2. The average molecular weight is 540 g/mol. The predicted octanol–water partition coefficient (Wildman–Crippen LogP) is 3.18. The van der Waals surface area contributed by atoms with Crippen molar-refractivity contribution in [3.05, 3.63) is 77.9 Å². The summed E-state index contributed by atoms with van der Waals surface area (Å²) in [6.45, 7) is 10.0. The van der Waals surface area contributed by atoms with E-state index in [1.165, 1.54) is 30.2 Å². The van der Waals surface area contributed by atoms with Gasteiger partial charge in [-0.3, -0.25) is 14.4 Å². The van der Waals surface area contributed by atoms with Gasteiger partial charge in [0.05, 0.1) is 7.11 Å². The summed E-state index contributed by atoms with van der Waals surface area (Å²) < 4.78 is 10.0. The molecule has 2 aromatic rings. The molecule has 0 radical (unpaired) electrons. The summed E-state index contributed by atoms with van der Waals surface area (Å²) in [5, 5.41) is 15.2. The molecule has 0 saturated carbocycles. The van der Waals surface area contributed by atoms with E-state index in [1.54, 1.807) is 33.8 Å². The highest BCUT2D eigenvalue weighted by molar-refractivity contribution is 5.93. The molecule has 2 unspecified atom stereocenters. The highest BCUT2D eigenvalue weighted by atomic mass is 16.6. The molecule has 0 aromatic heterocycles. The van der Waals surface area contributed by atoms with Crippen LogP contribution < -0.4 is 10.6 Å². The summed E-state index contributed by atoms with van der Waals surface area (Å²) in [7, 11) is 1.19. The Labute approximate surface area is 229 Å². The molecule has 3 amide bonds. The molecule has 0 aliphatic heterocycles. The van der Waals surface area contributed by atoms with Crippen molar-refractivity contribution in [3.8, 4) is 5.75 Å². The maximum Gasteiger partial charge on any atom is 0.408 e. The first-order valence-electron chi connectivity index (χ1n) is 12.4. The number of hydrogen-bond acceptors (Lipinski definition) is 7. The van der Waals surface area contributed by atoms with Gasteiger partial charge in [-0.25, -0.2) is 4.79 Å². The van der Waals surface area contributed by atoms with Gasteiger partial charge in [0, 0.05) is 13.0 Å². The number of alkyl carbamates (subject to hydrolysis) is 1. The zero-order valence-corrected chi connectivity index (χ0v) is 23.0. The van der Waals surface area contributed by atoms with Crippen LogP contribution in [-0.2, 0) is 30.3 Å². The Morgan fingerprint density at radius 1 is 1.10 bits per heavy atom. The lowest BCUT2D eigenvalue weighted by Gasteiger charge is -2.34. The van der Waals surface area contributed by atoms with Gasteiger partial charge in [-0.1, -0.05) is 42.5 Å². The molecule has 2 atom stereocenters. The minimum atomic E-state index is -1.22. The fraction of sp³-hybridized carbons (Fsp3) is 0.379. The fourth-order valence-corrected chi connectivity index (χ4v) is 3.81. The standard InChI is InChI=1S/C29H37N3O7/c1-7-15-32(25(26(35)30-18-24(34)38-6)21-13-14-23(33)19(2)16-21)27(36)22(17-20-11-9-8-10-12-20)31-28(37)39-29(3,4)5/h7-14,16,22,25,33H,1,15,17-18H2,2-6H3,(H,30,35)(H,31,37). The number of carbonyl (C=O) groups is 4. The summed E-state index contributed by atoms with van der Waals surface area (Å²) >= 11 is 0. The highest BCUT2D eigenvalue weighted by Crippen LogP contribution is 2.27. The lowest BCUT2D eigenvalue weighted by Crippen LogP contribution is -2.54. The first-order valence-corrected chi connectivity index (χ1v) is 12.4. The molecule has 39 heavy (non-hydrogen) atoms. The molecule has 0 saturated heterocycles. The fourth-order valence-electron chi connectivity index (χ4n) is 3.81. The van der Waals surface area contributed by atoms with E-state index in [0.29, 0.717) is 11.1 Å². The summed E-state index contributed by atoms with van der Waals surface area (Å²) in [5.74, 6) is -1.88. The van der Waals surface area contributed by atoms with E-state index in [4.69, 9.17) is 4.74 Å². The van der Waals surface area contributed by atoms with Crippen molar-refractivity contribution in [2.45, 2.75) is 51.8 Å². The number of esters is 1. The molecular weight excluding hydrogens is 502 g/mol. The molecule has 0 spiro atoms. The van der Waals surface area contributed by atoms with E-state index in [0.717, 1.165) is 5.56 Å². The zero-order chi connectivity index (χ0) is 29.2. The molecule has 10 nitrogen and oxygen atoms in total. The monoisotopic (exact) mass is 539 g/mol. The van der Waals surface area contributed by atoms with Crippen LogP contribution in [0.5, 0.6) is 5.75 Å². The third-order valence-corrected chi connectivity index (χ3v) is 5.61. The Morgan fingerprint density at radius 3 is 2.33 bits per heavy atom. The summed E-state index contributed by atoms with van der Waals surface area (Å²) in [6.07, 6.45) is 0.790. The van der Waals surface area contributed by atoms with Crippen molar-refractivity contribution >= 4 is 23.9 Å². The Hall–Kier alpha value is -4.34. The second-order valence-electron chi connectivity index (χ2n) is 9.91. The Kier molecular flexibility index (Phi) is 11.1. The molecule has 0 fully saturated rings. The van der Waals surface area contributed by atoms with Crippen LogP contribution in [0.15, 0.2) is 61.2 Å². The van der Waals surface area contributed by atoms with Gasteiger partial charge in [0.2, 0.25) is 11.8 Å². The molecular formula is C29H37N3O7. The highest BCUT2D eigenvalue weighted by Gasteiger charge is 2.36. The van der Waals surface area contributed by atoms with Crippen LogP contribution in [0, 0.1) is 6.92 Å². The summed E-state index contributed by atoms with van der Waals surface area (Å²) in [6, 6.07) is 11.3. The van der Waals surface area contributed by atoms with Crippen LogP contribution in [0.3, 0.4) is 0 Å². The first-order chi connectivity index (χ1) is 18.4. The van der Waals surface area contributed by atoms with Gasteiger partial charge in [-0.2, -0.15) is 0 Å². The normalized spacial score (nSPS) is 12.4. The molecule has 0 heterocycles. The van der Waals surface area contributed by atoms with Crippen LogP contribution in [0.2, 0.25) is 0 Å². The Bertz CT molecular complexity index is 1180. The number of rotatable bonds is 11. The maximum atomic E-state index is 14.1. The van der Waals surface area contributed by atoms with Gasteiger partial charge in [0.15, 0.2) is 0 Å². The first kappa shape index (κ1) is 30.9. The SMILES string of the molecule is C=CCN(C(=O)C(Cc1ccccc1)NC(=O)OC(C)(C)C)C(C(=O)NCC(=O)OC)c1ccc(O)c(C)c1. The minimum absolute atomic E-state index is 0.0163. The number of phenolic OH excluding ortho intramolecular Hbond substituents is 1. The molecule has 10 heteroatoms. The topological polar surface area (TPSA) is 134 Å². The molecule has 2 aromatic carbocycles. The van der Waals surface area contributed by atoms with Gasteiger partial charge >= 0.3 is 12.1 Å². The van der Waals surface area contributed by atoms with Crippen LogP contribution >= 0.6 is 0 Å². The van der Waals surface area contributed by atoms with E-state index in [9.17, 15) is 24.3 Å². The third-order valence-electron chi connectivity index (χ3n) is 5.61. The van der Waals surface area contributed by atoms with Gasteiger partial charge < -0.3 is 30.1 Å². The molecule has 2 rings (SSSR count). The number of nitrogens with one attached hydrogen (secondary N) is 2. The third kappa shape index (κ3) is 9.48. The quantitative estimate of drug-likeness (QED) is 0.295. The van der Waals surface area contributed by atoms with Crippen molar-refractivity contribution in [3.63, 3.8) is 0 Å². The van der Waals surface area contributed by atoms with E-state index < -0.39 is 48.1 Å². The van der Waals surface area contributed by atoms with E-state index in [2.05, 4.69) is 21.9 Å². The van der Waals surface area contributed by atoms with Crippen molar-refractivity contribution in [1.82, 2.24) is 15.5 Å². The van der Waals surface area contributed by atoms with E-state index >= 15 is 0 Å². The van der Waals surface area contributed by atoms with Crippen molar-refractivity contribution in [2.24, 2.45) is 0 Å². The number of aryl methyl sites for hydroxylation is 1. The van der Waals surface area contributed by atoms with Gasteiger partial charge in [-0.15, -0.1) is 6.58 Å². The van der Waals surface area contributed by atoms with Gasteiger partial charge in [0.25, 0.3) is 0 Å². The lowest BCUT2D eigenvalue weighted by molar-refractivity contribution is -0.144. The van der Waals surface area contributed by atoms with Crippen LogP contribution in [0.4, 0.5) is 4.79 Å². The number of nitrogens with zero attached hydrogens (tertiary/aromatic N) is 1. The maximum absolute atomic E-state index is 14.1. The number of carbonyl (C=O) groups excluding carboxylic acids is 4. The lowest BCUT2D eigenvalue weighted by atomic mass is 9.98. The number of methoxy groups -OCH3 is 1. The van der Waals surface area contributed by atoms with Crippen molar-refractivity contribution in [2.75, 3.05) is 20.2 Å². The predicted molar refractivity (Wildman–Crippen MR) is 146 cm³/mol. The minimum Gasteiger partial charge on any atom is -0.508 e. The molecule has 0 bridgehead atoms. The van der Waals surface area contributed by atoms with Crippen LogP contribution in [-0.4, -0.2) is 65.7 Å². The molecule has 210 valence electrons. The van der Waals surface area contributed by atoms with E-state index in [-0.39, 0.29) is 18.7 Å². The molecule has 0 aliphatic rings. The van der Waals surface area contributed by atoms with Crippen LogP contribution in [0.25, 0.3) is 0 Å². The van der Waals surface area contributed by atoms with Crippen molar-refractivity contribution < 1.29 is 33.8 Å². The number of aromatic hydroxyl groups is 1. The van der Waals surface area contributed by atoms with Gasteiger partial charge in [-0.05, 0) is 56.5 Å². The van der Waals surface area contributed by atoms with Gasteiger partial charge in [0.1, 0.15) is 30.0 Å². The zero-order valence-electron chi connectivity index (χ0n) is 23.0. The number of ether oxygens (including phenoxy) is 2. The van der Waals surface area contributed by atoms with E-state index in [1.807, 2.05) is 30.3 Å². The number of hydrogen-bond donors (Lipinski definition) is 3. The molecule has 3 N–H and O–H groups in total.